The topological polar surface area (TPSA) is 73.8 Å². The maximum absolute atomic E-state index is 12.5. The first kappa shape index (κ1) is 15.6. The first-order valence-corrected chi connectivity index (χ1v) is 6.46. The van der Waals surface area contributed by atoms with Crippen LogP contribution in [0.4, 0.5) is 5.82 Å². The van der Waals surface area contributed by atoms with Crippen molar-refractivity contribution in [2.75, 3.05) is 33.3 Å². The number of carbonyl (C=O) groups is 1. The zero-order valence-corrected chi connectivity index (χ0v) is 12.9. The molecule has 0 unspecified atom stereocenters. The Kier molecular flexibility index (Phi) is 4.77. The van der Waals surface area contributed by atoms with Gasteiger partial charge >= 0.3 is 0 Å². The first-order valence-electron chi connectivity index (χ1n) is 6.46. The highest BCUT2D eigenvalue weighted by Gasteiger charge is 2.17. The summed E-state index contributed by atoms with van der Waals surface area (Å²) in [6, 6.07) is 4.95. The van der Waals surface area contributed by atoms with Crippen LogP contribution in [0.5, 0.6) is 17.4 Å². The van der Waals surface area contributed by atoms with Crippen molar-refractivity contribution in [1.29, 1.82) is 0 Å². The van der Waals surface area contributed by atoms with Gasteiger partial charge in [-0.15, -0.1) is 0 Å². The van der Waals surface area contributed by atoms with Crippen LogP contribution in [0.3, 0.4) is 0 Å². The number of methoxy groups -OCH3 is 3. The van der Waals surface area contributed by atoms with Crippen molar-refractivity contribution in [1.82, 2.24) is 9.97 Å². The number of anilines is 1. The summed E-state index contributed by atoms with van der Waals surface area (Å²) in [4.78, 5) is 22.1. The van der Waals surface area contributed by atoms with Crippen molar-refractivity contribution in [2.24, 2.45) is 0 Å². The molecular weight excluding hydrogens is 286 g/mol. The third-order valence-electron chi connectivity index (χ3n) is 3.09. The molecule has 2 rings (SSSR count). The minimum atomic E-state index is -0.247. The number of benzene rings is 1. The molecule has 1 aromatic heterocycles. The van der Waals surface area contributed by atoms with Gasteiger partial charge in [0.15, 0.2) is 17.3 Å². The van der Waals surface area contributed by atoms with E-state index < -0.39 is 0 Å². The van der Waals surface area contributed by atoms with E-state index in [1.165, 1.54) is 38.6 Å². The van der Waals surface area contributed by atoms with Gasteiger partial charge in [-0.05, 0) is 18.2 Å². The minimum Gasteiger partial charge on any atom is -0.493 e. The summed E-state index contributed by atoms with van der Waals surface area (Å²) in [5, 5.41) is 0. The highest BCUT2D eigenvalue weighted by molar-refractivity contribution is 6.05. The van der Waals surface area contributed by atoms with E-state index in [1.54, 1.807) is 25.2 Å². The van der Waals surface area contributed by atoms with Crippen LogP contribution in [0.25, 0.3) is 0 Å². The van der Waals surface area contributed by atoms with Crippen molar-refractivity contribution in [2.45, 2.75) is 0 Å². The van der Waals surface area contributed by atoms with Crippen LogP contribution in [-0.4, -0.2) is 44.3 Å². The lowest BCUT2D eigenvalue weighted by Gasteiger charge is -2.17. The van der Waals surface area contributed by atoms with E-state index in [0.717, 1.165) is 0 Å². The average molecular weight is 303 g/mol. The summed E-state index contributed by atoms with van der Waals surface area (Å²) >= 11 is 0. The Morgan fingerprint density at radius 3 is 2.41 bits per heavy atom. The van der Waals surface area contributed by atoms with Gasteiger partial charge < -0.3 is 14.2 Å². The second-order valence-corrected chi connectivity index (χ2v) is 4.35. The Morgan fingerprint density at radius 1 is 1.05 bits per heavy atom. The fourth-order valence-electron chi connectivity index (χ4n) is 1.87. The quantitative estimate of drug-likeness (QED) is 0.838. The maximum Gasteiger partial charge on any atom is 0.259 e. The summed E-state index contributed by atoms with van der Waals surface area (Å²) in [7, 11) is 6.16. The summed E-state index contributed by atoms with van der Waals surface area (Å²) < 4.78 is 15.4. The zero-order valence-electron chi connectivity index (χ0n) is 12.9. The van der Waals surface area contributed by atoms with Crippen LogP contribution < -0.4 is 19.1 Å². The lowest BCUT2D eigenvalue weighted by Crippen LogP contribution is -2.27. The second kappa shape index (κ2) is 6.75. The highest BCUT2D eigenvalue weighted by Crippen LogP contribution is 2.28. The standard InChI is InChI=1S/C15H17N3O4/c1-18(13-8-16-9-14(17-13)22-4)15(19)10-5-6-11(20-2)12(7-10)21-3/h5-9H,1-4H3. The number of amides is 1. The number of aromatic nitrogens is 2. The zero-order chi connectivity index (χ0) is 16.1. The molecule has 0 aliphatic carbocycles. The molecule has 0 saturated heterocycles. The van der Waals surface area contributed by atoms with Gasteiger partial charge in [-0.1, -0.05) is 0 Å². The molecule has 0 fully saturated rings. The molecule has 0 radical (unpaired) electrons. The van der Waals surface area contributed by atoms with Gasteiger partial charge in [-0.2, -0.15) is 4.98 Å². The molecule has 1 aromatic carbocycles. The van der Waals surface area contributed by atoms with Crippen molar-refractivity contribution < 1.29 is 19.0 Å². The van der Waals surface area contributed by atoms with Gasteiger partial charge in [0, 0.05) is 12.6 Å². The lowest BCUT2D eigenvalue weighted by molar-refractivity contribution is 0.0991. The monoisotopic (exact) mass is 303 g/mol. The third-order valence-corrected chi connectivity index (χ3v) is 3.09. The lowest BCUT2D eigenvalue weighted by atomic mass is 10.1. The summed E-state index contributed by atoms with van der Waals surface area (Å²) in [6.45, 7) is 0. The van der Waals surface area contributed by atoms with Gasteiger partial charge in [0.05, 0.1) is 33.7 Å². The number of carbonyl (C=O) groups excluding carboxylic acids is 1. The fraction of sp³-hybridized carbons (Fsp3) is 0.267. The molecule has 0 aliphatic heterocycles. The molecule has 0 aliphatic rings. The average Bonchev–Trinajstić information content (AvgIpc) is 2.59. The fourth-order valence-corrected chi connectivity index (χ4v) is 1.87. The van der Waals surface area contributed by atoms with Crippen LogP contribution in [0.15, 0.2) is 30.6 Å². The molecule has 1 amide bonds. The summed E-state index contributed by atoms with van der Waals surface area (Å²) in [5.74, 6) is 1.52. The van der Waals surface area contributed by atoms with E-state index in [4.69, 9.17) is 14.2 Å². The summed E-state index contributed by atoms with van der Waals surface area (Å²) in [5.41, 5.74) is 0.449. The molecule has 0 N–H and O–H groups in total. The summed E-state index contributed by atoms with van der Waals surface area (Å²) in [6.07, 6.45) is 2.96. The maximum atomic E-state index is 12.5. The van der Waals surface area contributed by atoms with E-state index in [9.17, 15) is 4.79 Å². The SMILES string of the molecule is COc1cncc(N(C)C(=O)c2ccc(OC)c(OC)c2)n1. The highest BCUT2D eigenvalue weighted by atomic mass is 16.5. The van der Waals surface area contributed by atoms with Crippen LogP contribution in [0, 0.1) is 0 Å². The predicted octanol–water partition coefficient (Wildman–Crippen LogP) is 1.78. The van der Waals surface area contributed by atoms with Gasteiger partial charge in [0.2, 0.25) is 5.88 Å². The molecule has 7 nitrogen and oxygen atoms in total. The Labute approximate surface area is 128 Å². The number of ether oxygens (including phenoxy) is 3. The van der Waals surface area contributed by atoms with E-state index in [0.29, 0.717) is 28.8 Å². The van der Waals surface area contributed by atoms with E-state index in [2.05, 4.69) is 9.97 Å². The van der Waals surface area contributed by atoms with Gasteiger partial charge in [-0.25, -0.2) is 0 Å². The molecule has 1 heterocycles. The largest absolute Gasteiger partial charge is 0.493 e. The molecule has 0 atom stereocenters. The van der Waals surface area contributed by atoms with Gasteiger partial charge in [0.25, 0.3) is 5.91 Å². The molecule has 22 heavy (non-hydrogen) atoms. The van der Waals surface area contributed by atoms with Gasteiger partial charge in [-0.3, -0.25) is 14.7 Å². The van der Waals surface area contributed by atoms with Crippen LogP contribution in [0.2, 0.25) is 0 Å². The number of hydrogen-bond donors (Lipinski definition) is 0. The number of nitrogens with zero attached hydrogens (tertiary/aromatic N) is 3. The Bertz CT molecular complexity index is 676. The van der Waals surface area contributed by atoms with Crippen molar-refractivity contribution in [3.05, 3.63) is 36.2 Å². The number of rotatable bonds is 5. The van der Waals surface area contributed by atoms with Crippen LogP contribution >= 0.6 is 0 Å². The smallest absolute Gasteiger partial charge is 0.259 e. The van der Waals surface area contributed by atoms with E-state index in [1.807, 2.05) is 0 Å². The first-order chi connectivity index (χ1) is 10.6. The van der Waals surface area contributed by atoms with Gasteiger partial charge in [0.1, 0.15) is 0 Å². The van der Waals surface area contributed by atoms with E-state index >= 15 is 0 Å². The Hall–Kier alpha value is -2.83. The number of hydrogen-bond acceptors (Lipinski definition) is 6. The molecule has 0 saturated carbocycles. The van der Waals surface area contributed by atoms with Crippen LogP contribution in [-0.2, 0) is 0 Å². The van der Waals surface area contributed by atoms with E-state index in [-0.39, 0.29) is 5.91 Å². The van der Waals surface area contributed by atoms with Crippen molar-refractivity contribution in [3.63, 3.8) is 0 Å². The minimum absolute atomic E-state index is 0.247. The predicted molar refractivity (Wildman–Crippen MR) is 80.9 cm³/mol. The van der Waals surface area contributed by atoms with Crippen LogP contribution in [0.1, 0.15) is 10.4 Å². The Morgan fingerprint density at radius 2 is 1.77 bits per heavy atom. The molecule has 7 heteroatoms. The second-order valence-electron chi connectivity index (χ2n) is 4.35. The van der Waals surface area contributed by atoms with Crippen molar-refractivity contribution in [3.8, 4) is 17.4 Å². The van der Waals surface area contributed by atoms with Crippen molar-refractivity contribution >= 4 is 11.7 Å². The normalized spacial score (nSPS) is 10.0. The molecule has 2 aromatic rings. The Balaban J connectivity index is 2.30. The molecule has 116 valence electrons. The third kappa shape index (κ3) is 3.08. The molecule has 0 spiro atoms. The molecule has 0 bridgehead atoms. The molecular formula is C15H17N3O4.